The van der Waals surface area contributed by atoms with Gasteiger partial charge in [-0.15, -0.1) is 11.8 Å². The minimum Gasteiger partial charge on any atom is -0.478 e. The summed E-state index contributed by atoms with van der Waals surface area (Å²) in [4.78, 5) is 16.4. The molecule has 0 unspecified atom stereocenters. The smallest absolute Gasteiger partial charge is 0.338 e. The number of carboxylic acid groups (broad SMARTS) is 1. The van der Waals surface area contributed by atoms with Gasteiger partial charge < -0.3 is 5.11 Å². The molecule has 2 rings (SSSR count). The summed E-state index contributed by atoms with van der Waals surface area (Å²) < 4.78 is 1.70. The van der Waals surface area contributed by atoms with E-state index in [0.29, 0.717) is 0 Å². The number of fused-ring (bicyclic) bond motifs is 1. The monoisotopic (exact) mass is 293 g/mol. The van der Waals surface area contributed by atoms with Crippen LogP contribution in [0.25, 0.3) is 11.0 Å². The summed E-state index contributed by atoms with van der Waals surface area (Å²) >= 11 is 1.60. The van der Waals surface area contributed by atoms with Gasteiger partial charge in [-0.05, 0) is 19.1 Å². The van der Waals surface area contributed by atoms with Crippen LogP contribution >= 0.6 is 11.8 Å². The number of hydrogen-bond donors (Lipinski definition) is 1. The Balaban J connectivity index is 2.45. The Hall–Kier alpha value is -1.56. The van der Waals surface area contributed by atoms with E-state index in [1.807, 2.05) is 14.0 Å². The number of pyridine rings is 1. The van der Waals surface area contributed by atoms with Crippen LogP contribution in [-0.4, -0.2) is 31.6 Å². The highest BCUT2D eigenvalue weighted by Gasteiger charge is 2.19. The zero-order valence-electron chi connectivity index (χ0n) is 12.0. The quantitative estimate of drug-likeness (QED) is 0.654. The summed E-state index contributed by atoms with van der Waals surface area (Å²) in [5, 5.41) is 14.6. The molecule has 0 bridgehead atoms. The second-order valence-electron chi connectivity index (χ2n) is 4.77. The van der Waals surface area contributed by atoms with Crippen LogP contribution in [0.3, 0.4) is 0 Å². The molecule has 0 saturated heterocycles. The number of aryl methyl sites for hydroxylation is 2. The molecule has 20 heavy (non-hydrogen) atoms. The minimum atomic E-state index is -0.930. The first-order chi connectivity index (χ1) is 9.56. The average molecular weight is 293 g/mol. The van der Waals surface area contributed by atoms with Crippen molar-refractivity contribution >= 4 is 28.8 Å². The van der Waals surface area contributed by atoms with E-state index < -0.39 is 5.97 Å². The van der Waals surface area contributed by atoms with Crippen LogP contribution in [0.2, 0.25) is 0 Å². The zero-order valence-corrected chi connectivity index (χ0v) is 12.8. The van der Waals surface area contributed by atoms with Gasteiger partial charge in [-0.2, -0.15) is 5.10 Å². The predicted molar refractivity (Wildman–Crippen MR) is 80.5 cm³/mol. The molecule has 0 aromatic carbocycles. The van der Waals surface area contributed by atoms with E-state index in [0.717, 1.165) is 46.6 Å². The second-order valence-corrected chi connectivity index (χ2v) is 5.87. The molecule has 5 nitrogen and oxygen atoms in total. The lowest BCUT2D eigenvalue weighted by Gasteiger charge is -2.07. The van der Waals surface area contributed by atoms with E-state index in [1.54, 1.807) is 16.4 Å². The van der Waals surface area contributed by atoms with Gasteiger partial charge in [-0.1, -0.05) is 19.8 Å². The number of hydrogen-bond acceptors (Lipinski definition) is 4. The molecule has 0 amide bonds. The maximum Gasteiger partial charge on any atom is 0.338 e. The number of aromatic nitrogens is 3. The van der Waals surface area contributed by atoms with E-state index in [-0.39, 0.29) is 5.56 Å². The first-order valence-electron chi connectivity index (χ1n) is 6.74. The number of nitrogens with zero attached hydrogens (tertiary/aromatic N) is 3. The Bertz CT molecular complexity index is 637. The number of unbranched alkanes of at least 4 members (excludes halogenated alkanes) is 2. The van der Waals surface area contributed by atoms with Crippen LogP contribution in [0.4, 0.5) is 0 Å². The SMILES string of the molecule is CCCCCSc1c(C(=O)O)cnc2c1c(C)nn2C. The molecule has 1 N–H and O–H groups in total. The Morgan fingerprint density at radius 2 is 2.20 bits per heavy atom. The van der Waals surface area contributed by atoms with Crippen LogP contribution < -0.4 is 0 Å². The van der Waals surface area contributed by atoms with Crippen LogP contribution in [0, 0.1) is 6.92 Å². The van der Waals surface area contributed by atoms with Gasteiger partial charge in [0.05, 0.1) is 16.6 Å². The number of aromatic carboxylic acids is 1. The second kappa shape index (κ2) is 6.26. The molecule has 0 radical (unpaired) electrons. The molecule has 2 heterocycles. The molecule has 0 atom stereocenters. The molecule has 0 aliphatic rings. The number of carbonyl (C=O) groups is 1. The van der Waals surface area contributed by atoms with Gasteiger partial charge in [0, 0.05) is 18.1 Å². The topological polar surface area (TPSA) is 68.0 Å². The molecule has 0 saturated carbocycles. The molecule has 0 aliphatic heterocycles. The number of carboxylic acids is 1. The number of thioether (sulfide) groups is 1. The summed E-state index contributed by atoms with van der Waals surface area (Å²) in [7, 11) is 1.83. The van der Waals surface area contributed by atoms with Gasteiger partial charge in [0.15, 0.2) is 5.65 Å². The highest BCUT2D eigenvalue weighted by Crippen LogP contribution is 2.33. The fourth-order valence-electron chi connectivity index (χ4n) is 2.21. The van der Waals surface area contributed by atoms with E-state index in [9.17, 15) is 9.90 Å². The van der Waals surface area contributed by atoms with Gasteiger partial charge in [-0.3, -0.25) is 4.68 Å². The third-order valence-electron chi connectivity index (χ3n) is 3.20. The Kier molecular flexibility index (Phi) is 4.65. The predicted octanol–water partition coefficient (Wildman–Crippen LogP) is 3.26. The molecule has 108 valence electrons. The summed E-state index contributed by atoms with van der Waals surface area (Å²) in [6.07, 6.45) is 4.84. The first kappa shape index (κ1) is 14.8. The summed E-state index contributed by atoms with van der Waals surface area (Å²) in [6, 6.07) is 0. The van der Waals surface area contributed by atoms with Crippen LogP contribution in [0.1, 0.15) is 42.2 Å². The molecular formula is C14H19N3O2S. The number of rotatable bonds is 6. The lowest BCUT2D eigenvalue weighted by Crippen LogP contribution is -2.02. The van der Waals surface area contributed by atoms with Crippen molar-refractivity contribution in [2.75, 3.05) is 5.75 Å². The summed E-state index contributed by atoms with van der Waals surface area (Å²) in [6.45, 7) is 4.05. The highest BCUT2D eigenvalue weighted by atomic mass is 32.2. The largest absolute Gasteiger partial charge is 0.478 e. The molecule has 0 spiro atoms. The molecule has 2 aromatic rings. The third kappa shape index (κ3) is 2.80. The molecule has 0 aliphatic carbocycles. The molecule has 2 aromatic heterocycles. The maximum absolute atomic E-state index is 11.4. The van der Waals surface area contributed by atoms with E-state index in [2.05, 4.69) is 17.0 Å². The molecular weight excluding hydrogens is 274 g/mol. The normalized spacial score (nSPS) is 11.2. The minimum absolute atomic E-state index is 0.273. The first-order valence-corrected chi connectivity index (χ1v) is 7.73. The van der Waals surface area contributed by atoms with Gasteiger partial charge in [0.25, 0.3) is 0 Å². The lowest BCUT2D eigenvalue weighted by molar-refractivity contribution is 0.0693. The highest BCUT2D eigenvalue weighted by molar-refractivity contribution is 7.99. The fourth-order valence-corrected chi connectivity index (χ4v) is 3.44. The van der Waals surface area contributed by atoms with Crippen molar-refractivity contribution < 1.29 is 9.90 Å². The van der Waals surface area contributed by atoms with Gasteiger partial charge in [0.1, 0.15) is 0 Å². The van der Waals surface area contributed by atoms with Gasteiger partial charge in [0.2, 0.25) is 0 Å². The third-order valence-corrected chi connectivity index (χ3v) is 4.41. The fraction of sp³-hybridized carbons (Fsp3) is 0.500. The van der Waals surface area contributed by atoms with E-state index in [4.69, 9.17) is 0 Å². The lowest BCUT2D eigenvalue weighted by atomic mass is 10.2. The Labute approximate surface area is 122 Å². The standard InChI is InChI=1S/C14H19N3O2S/c1-4-5-6-7-20-12-10(14(18)19)8-15-13-11(12)9(2)16-17(13)3/h8H,4-7H2,1-3H3,(H,18,19). The summed E-state index contributed by atoms with van der Waals surface area (Å²) in [5.74, 6) is -0.0117. The van der Waals surface area contributed by atoms with Crippen LogP contribution in [0.15, 0.2) is 11.1 Å². The van der Waals surface area contributed by atoms with Crippen LogP contribution in [-0.2, 0) is 7.05 Å². The van der Waals surface area contributed by atoms with Crippen molar-refractivity contribution in [3.05, 3.63) is 17.5 Å². The average Bonchev–Trinajstić information content (AvgIpc) is 2.70. The Morgan fingerprint density at radius 3 is 2.85 bits per heavy atom. The van der Waals surface area contributed by atoms with Crippen molar-refractivity contribution in [2.45, 2.75) is 38.0 Å². The molecule has 6 heteroatoms. The zero-order chi connectivity index (χ0) is 14.7. The van der Waals surface area contributed by atoms with Crippen molar-refractivity contribution in [1.82, 2.24) is 14.8 Å². The summed E-state index contributed by atoms with van der Waals surface area (Å²) in [5.41, 5.74) is 1.84. The molecule has 0 fully saturated rings. The van der Waals surface area contributed by atoms with E-state index in [1.165, 1.54) is 6.20 Å². The van der Waals surface area contributed by atoms with Crippen molar-refractivity contribution in [3.63, 3.8) is 0 Å². The van der Waals surface area contributed by atoms with E-state index >= 15 is 0 Å². The van der Waals surface area contributed by atoms with Crippen molar-refractivity contribution in [3.8, 4) is 0 Å². The van der Waals surface area contributed by atoms with Crippen molar-refractivity contribution in [2.24, 2.45) is 7.05 Å². The maximum atomic E-state index is 11.4. The Morgan fingerprint density at radius 1 is 1.45 bits per heavy atom. The van der Waals surface area contributed by atoms with Crippen LogP contribution in [0.5, 0.6) is 0 Å². The van der Waals surface area contributed by atoms with Gasteiger partial charge in [-0.25, -0.2) is 9.78 Å². The van der Waals surface area contributed by atoms with Gasteiger partial charge >= 0.3 is 5.97 Å². The van der Waals surface area contributed by atoms with Crippen molar-refractivity contribution in [1.29, 1.82) is 0 Å².